The lowest BCUT2D eigenvalue weighted by molar-refractivity contribution is 0.0697. The van der Waals surface area contributed by atoms with Crippen molar-refractivity contribution in [3.63, 3.8) is 0 Å². The van der Waals surface area contributed by atoms with Crippen molar-refractivity contribution in [3.05, 3.63) is 41.6 Å². The molecule has 0 saturated heterocycles. The Morgan fingerprint density at radius 2 is 1.38 bits per heavy atom. The molecule has 1 heterocycles. The Bertz CT molecular complexity index is 565. The van der Waals surface area contributed by atoms with E-state index in [-0.39, 0.29) is 11.5 Å². The molecule has 6 heteroatoms. The van der Waals surface area contributed by atoms with E-state index >= 15 is 0 Å². The van der Waals surface area contributed by atoms with Gasteiger partial charge in [0.15, 0.2) is 0 Å². The summed E-state index contributed by atoms with van der Waals surface area (Å²) >= 11 is 0. The lowest BCUT2D eigenvalue weighted by Gasteiger charge is -2.07. The Morgan fingerprint density at radius 3 is 1.77 bits per heavy atom. The highest BCUT2D eigenvalue weighted by atomic mass is 16.4. The van der Waals surface area contributed by atoms with E-state index in [4.69, 9.17) is 10.8 Å². The molecule has 2 aromatic rings. The highest BCUT2D eigenvalue weighted by molar-refractivity contribution is 5.88. The van der Waals surface area contributed by atoms with Crippen LogP contribution in [0.3, 0.4) is 0 Å². The Balaban J connectivity index is -0.000000585. The number of anilines is 3. The van der Waals surface area contributed by atoms with E-state index in [0.717, 1.165) is 11.4 Å². The van der Waals surface area contributed by atoms with Crippen LogP contribution in [0.2, 0.25) is 0 Å². The summed E-state index contributed by atoms with van der Waals surface area (Å²) < 4.78 is 0. The molecule has 0 radical (unpaired) electrons. The number of benzene rings is 1. The lowest BCUT2D eigenvalue weighted by Crippen LogP contribution is -2.01. The standard InChI is InChI=1S/C12H12N4O2.4C2H6/c1-7-6-10(16-12(13)14-7)15-9-4-2-8(3-5-9)11(17)18;4*1-2/h2-6H,1H3,(H,17,18)(H3,13,14,15,16);4*1-2H3. The van der Waals surface area contributed by atoms with Crippen LogP contribution in [0.25, 0.3) is 0 Å². The first kappa shape index (κ1) is 28.2. The van der Waals surface area contributed by atoms with Gasteiger partial charge in [0.05, 0.1) is 5.56 Å². The van der Waals surface area contributed by atoms with E-state index in [0.29, 0.717) is 5.82 Å². The van der Waals surface area contributed by atoms with Gasteiger partial charge in [0.25, 0.3) is 0 Å². The molecule has 0 aliphatic carbocycles. The van der Waals surface area contributed by atoms with Gasteiger partial charge in [-0.15, -0.1) is 0 Å². The van der Waals surface area contributed by atoms with E-state index in [1.165, 1.54) is 12.1 Å². The van der Waals surface area contributed by atoms with Crippen LogP contribution in [0.4, 0.5) is 17.5 Å². The number of aryl methyl sites for hydroxylation is 1. The van der Waals surface area contributed by atoms with E-state index in [2.05, 4.69) is 15.3 Å². The van der Waals surface area contributed by atoms with Crippen molar-refractivity contribution in [2.75, 3.05) is 11.1 Å². The minimum absolute atomic E-state index is 0.194. The molecule has 0 saturated carbocycles. The monoisotopic (exact) mass is 364 g/mol. The number of carboxylic acids is 1. The molecule has 0 bridgehead atoms. The molecule has 0 aliphatic rings. The summed E-state index contributed by atoms with van der Waals surface area (Å²) in [6.07, 6.45) is 0. The van der Waals surface area contributed by atoms with Gasteiger partial charge in [-0.1, -0.05) is 55.4 Å². The molecule has 148 valence electrons. The Labute approximate surface area is 158 Å². The first-order valence-electron chi connectivity index (χ1n) is 9.26. The number of nitrogen functional groups attached to an aromatic ring is 1. The largest absolute Gasteiger partial charge is 0.478 e. The van der Waals surface area contributed by atoms with Crippen LogP contribution in [0, 0.1) is 6.92 Å². The number of aromatic nitrogens is 2. The number of carbonyl (C=O) groups is 1. The van der Waals surface area contributed by atoms with Gasteiger partial charge in [0, 0.05) is 17.4 Å². The van der Waals surface area contributed by atoms with Gasteiger partial charge < -0.3 is 16.2 Å². The van der Waals surface area contributed by atoms with Crippen molar-refractivity contribution in [2.24, 2.45) is 0 Å². The quantitative estimate of drug-likeness (QED) is 0.625. The van der Waals surface area contributed by atoms with Gasteiger partial charge in [-0.2, -0.15) is 4.98 Å². The van der Waals surface area contributed by atoms with Crippen molar-refractivity contribution in [2.45, 2.75) is 62.3 Å². The number of hydrogen-bond acceptors (Lipinski definition) is 5. The second kappa shape index (κ2) is 18.7. The molecule has 0 unspecified atom stereocenters. The maximum atomic E-state index is 10.7. The molecule has 4 N–H and O–H groups in total. The molecular formula is C20H36N4O2. The number of aromatic carboxylic acids is 1. The maximum absolute atomic E-state index is 10.7. The molecule has 0 spiro atoms. The SMILES string of the molecule is CC.CC.CC.CC.Cc1cc(Nc2ccc(C(=O)O)cc2)nc(N)n1. The minimum Gasteiger partial charge on any atom is -0.478 e. The molecule has 1 aromatic heterocycles. The number of nitrogens with zero attached hydrogens (tertiary/aromatic N) is 2. The third-order valence-electron chi connectivity index (χ3n) is 2.28. The van der Waals surface area contributed by atoms with Crippen LogP contribution in [0.5, 0.6) is 0 Å². The molecule has 2 rings (SSSR count). The van der Waals surface area contributed by atoms with Crippen molar-refractivity contribution in [3.8, 4) is 0 Å². The van der Waals surface area contributed by atoms with Crippen LogP contribution in [0.1, 0.15) is 71.4 Å². The number of nitrogens with two attached hydrogens (primary N) is 1. The lowest BCUT2D eigenvalue weighted by atomic mass is 10.2. The molecule has 0 amide bonds. The smallest absolute Gasteiger partial charge is 0.335 e. The third kappa shape index (κ3) is 11.8. The predicted molar refractivity (Wildman–Crippen MR) is 113 cm³/mol. The van der Waals surface area contributed by atoms with Crippen LogP contribution in [0.15, 0.2) is 30.3 Å². The Morgan fingerprint density at radius 1 is 0.923 bits per heavy atom. The van der Waals surface area contributed by atoms with Crippen LogP contribution in [-0.2, 0) is 0 Å². The fraction of sp³-hybridized carbons (Fsp3) is 0.450. The Hall–Kier alpha value is -2.63. The zero-order valence-corrected chi connectivity index (χ0v) is 17.7. The van der Waals surface area contributed by atoms with Crippen LogP contribution < -0.4 is 11.1 Å². The van der Waals surface area contributed by atoms with Crippen molar-refractivity contribution < 1.29 is 9.90 Å². The van der Waals surface area contributed by atoms with E-state index < -0.39 is 5.97 Å². The third-order valence-corrected chi connectivity index (χ3v) is 2.28. The highest BCUT2D eigenvalue weighted by Crippen LogP contribution is 2.16. The fourth-order valence-corrected chi connectivity index (χ4v) is 1.50. The number of nitrogens with one attached hydrogen (secondary N) is 1. The molecule has 0 fully saturated rings. The van der Waals surface area contributed by atoms with Crippen LogP contribution in [-0.4, -0.2) is 21.0 Å². The van der Waals surface area contributed by atoms with E-state index in [1.54, 1.807) is 18.2 Å². The maximum Gasteiger partial charge on any atom is 0.335 e. The van der Waals surface area contributed by atoms with Gasteiger partial charge in [0.1, 0.15) is 5.82 Å². The predicted octanol–water partition coefficient (Wildman–Crippen LogP) is 5.91. The fourth-order valence-electron chi connectivity index (χ4n) is 1.50. The van der Waals surface area contributed by atoms with Gasteiger partial charge in [-0.3, -0.25) is 0 Å². The summed E-state index contributed by atoms with van der Waals surface area (Å²) in [5.41, 5.74) is 7.26. The van der Waals surface area contributed by atoms with Crippen molar-refractivity contribution in [1.82, 2.24) is 9.97 Å². The van der Waals surface area contributed by atoms with E-state index in [9.17, 15) is 4.79 Å². The second-order valence-electron chi connectivity index (χ2n) is 3.76. The van der Waals surface area contributed by atoms with Gasteiger partial charge >= 0.3 is 5.97 Å². The summed E-state index contributed by atoms with van der Waals surface area (Å²) in [7, 11) is 0. The van der Waals surface area contributed by atoms with E-state index in [1.807, 2.05) is 62.3 Å². The zero-order chi connectivity index (χ0) is 21.1. The highest BCUT2D eigenvalue weighted by Gasteiger charge is 2.03. The molecule has 1 aromatic carbocycles. The average molecular weight is 365 g/mol. The summed E-state index contributed by atoms with van der Waals surface area (Å²) in [5, 5.41) is 11.8. The first-order chi connectivity index (χ1) is 12.5. The van der Waals surface area contributed by atoms with Crippen molar-refractivity contribution >= 4 is 23.4 Å². The van der Waals surface area contributed by atoms with Gasteiger partial charge in [-0.05, 0) is 31.2 Å². The summed E-state index contributed by atoms with van der Waals surface area (Å²) in [6, 6.07) is 8.11. The summed E-state index contributed by atoms with van der Waals surface area (Å²) in [6.45, 7) is 17.8. The molecule has 0 aliphatic heterocycles. The first-order valence-corrected chi connectivity index (χ1v) is 9.26. The number of rotatable bonds is 3. The topological polar surface area (TPSA) is 101 Å². The van der Waals surface area contributed by atoms with Gasteiger partial charge in [0.2, 0.25) is 5.95 Å². The molecule has 6 nitrogen and oxygen atoms in total. The Kier molecular flexibility index (Phi) is 20.3. The van der Waals surface area contributed by atoms with Crippen LogP contribution >= 0.6 is 0 Å². The van der Waals surface area contributed by atoms with Crippen molar-refractivity contribution in [1.29, 1.82) is 0 Å². The number of hydrogen-bond donors (Lipinski definition) is 3. The second-order valence-corrected chi connectivity index (χ2v) is 3.76. The van der Waals surface area contributed by atoms with Gasteiger partial charge in [-0.25, -0.2) is 9.78 Å². The molecule has 26 heavy (non-hydrogen) atoms. The minimum atomic E-state index is -0.955. The molecular weight excluding hydrogens is 328 g/mol. The summed E-state index contributed by atoms with van der Waals surface area (Å²) in [4.78, 5) is 18.7. The zero-order valence-electron chi connectivity index (χ0n) is 17.7. The molecule has 0 atom stereocenters. The average Bonchev–Trinajstić information content (AvgIpc) is 2.68. The number of carboxylic acid groups (broad SMARTS) is 1. The normalized spacial score (nSPS) is 7.88. The summed E-state index contributed by atoms with van der Waals surface area (Å²) in [5.74, 6) is -0.189.